The van der Waals surface area contributed by atoms with Crippen LogP contribution in [-0.4, -0.2) is 38.1 Å². The molecule has 1 saturated heterocycles. The van der Waals surface area contributed by atoms with Crippen molar-refractivity contribution in [2.24, 2.45) is 0 Å². The third-order valence-corrected chi connectivity index (χ3v) is 5.60. The van der Waals surface area contributed by atoms with Gasteiger partial charge in [0.25, 0.3) is 0 Å². The lowest BCUT2D eigenvalue weighted by Crippen LogP contribution is -2.38. The van der Waals surface area contributed by atoms with E-state index in [-0.39, 0.29) is 18.0 Å². The molecule has 0 aromatic heterocycles. The van der Waals surface area contributed by atoms with E-state index in [1.165, 1.54) is 0 Å². The fourth-order valence-electron chi connectivity index (χ4n) is 3.84. The molecular weight excluding hydrogens is 376 g/mol. The second-order valence-corrected chi connectivity index (χ2v) is 7.45. The number of carbonyl (C=O) groups excluding carboxylic acids is 1. The number of hydrogen-bond donors (Lipinski definition) is 1. The van der Waals surface area contributed by atoms with E-state index in [0.717, 1.165) is 42.0 Å². The van der Waals surface area contributed by atoms with E-state index in [1.54, 1.807) is 14.2 Å². The van der Waals surface area contributed by atoms with E-state index < -0.39 is 0 Å². The molecule has 2 aromatic rings. The number of carbonyl (C=O) groups is 1. The second kappa shape index (κ2) is 9.30. The SMILES string of the molecule is COc1ccc(OC)c(C2CCCN2CC(=O)NC(C)c2ccccc2Cl)c1. The zero-order valence-electron chi connectivity index (χ0n) is 16.6. The number of hydrogen-bond acceptors (Lipinski definition) is 4. The van der Waals surface area contributed by atoms with Crippen molar-refractivity contribution in [2.45, 2.75) is 31.8 Å². The van der Waals surface area contributed by atoms with Crippen molar-refractivity contribution in [3.05, 3.63) is 58.6 Å². The molecule has 150 valence electrons. The van der Waals surface area contributed by atoms with Crippen molar-refractivity contribution in [1.29, 1.82) is 0 Å². The largest absolute Gasteiger partial charge is 0.497 e. The van der Waals surface area contributed by atoms with Crippen LogP contribution in [0.3, 0.4) is 0 Å². The highest BCUT2D eigenvalue weighted by molar-refractivity contribution is 6.31. The summed E-state index contributed by atoms with van der Waals surface area (Å²) >= 11 is 6.25. The normalized spacial score (nSPS) is 17.9. The summed E-state index contributed by atoms with van der Waals surface area (Å²) in [5.74, 6) is 1.60. The van der Waals surface area contributed by atoms with E-state index >= 15 is 0 Å². The molecule has 1 aliphatic heterocycles. The van der Waals surface area contributed by atoms with Crippen molar-refractivity contribution < 1.29 is 14.3 Å². The zero-order chi connectivity index (χ0) is 20.1. The summed E-state index contributed by atoms with van der Waals surface area (Å²) in [5, 5.41) is 3.73. The first-order valence-corrected chi connectivity index (χ1v) is 9.91. The molecule has 2 unspecified atom stereocenters. The Kier molecular flexibility index (Phi) is 6.81. The van der Waals surface area contributed by atoms with E-state index in [0.29, 0.717) is 11.6 Å². The van der Waals surface area contributed by atoms with E-state index in [9.17, 15) is 4.79 Å². The minimum Gasteiger partial charge on any atom is -0.497 e. The molecule has 0 saturated carbocycles. The third-order valence-electron chi connectivity index (χ3n) is 5.26. The maximum atomic E-state index is 12.7. The topological polar surface area (TPSA) is 50.8 Å². The Morgan fingerprint density at radius 3 is 2.75 bits per heavy atom. The van der Waals surface area contributed by atoms with Crippen molar-refractivity contribution in [2.75, 3.05) is 27.3 Å². The van der Waals surface area contributed by atoms with Gasteiger partial charge < -0.3 is 14.8 Å². The molecule has 0 bridgehead atoms. The molecule has 1 amide bonds. The summed E-state index contributed by atoms with van der Waals surface area (Å²) in [5.41, 5.74) is 1.98. The average molecular weight is 403 g/mol. The van der Waals surface area contributed by atoms with Gasteiger partial charge >= 0.3 is 0 Å². The molecule has 2 atom stereocenters. The number of halogens is 1. The summed E-state index contributed by atoms with van der Waals surface area (Å²) < 4.78 is 10.9. The molecular formula is C22H27ClN2O3. The van der Waals surface area contributed by atoms with Gasteiger partial charge in [0.1, 0.15) is 11.5 Å². The van der Waals surface area contributed by atoms with Gasteiger partial charge in [0, 0.05) is 16.6 Å². The summed E-state index contributed by atoms with van der Waals surface area (Å²) in [6, 6.07) is 13.4. The molecule has 5 nitrogen and oxygen atoms in total. The van der Waals surface area contributed by atoms with Crippen LogP contribution in [0.4, 0.5) is 0 Å². The lowest BCUT2D eigenvalue weighted by atomic mass is 10.0. The molecule has 1 fully saturated rings. The number of likely N-dealkylation sites (tertiary alicyclic amines) is 1. The zero-order valence-corrected chi connectivity index (χ0v) is 17.3. The van der Waals surface area contributed by atoms with Gasteiger partial charge in [0.05, 0.1) is 26.8 Å². The van der Waals surface area contributed by atoms with Crippen LogP contribution in [0, 0.1) is 0 Å². The monoisotopic (exact) mass is 402 g/mol. The Bertz CT molecular complexity index is 827. The molecule has 0 radical (unpaired) electrons. The van der Waals surface area contributed by atoms with E-state index in [1.807, 2.05) is 49.4 Å². The van der Waals surface area contributed by atoms with Crippen LogP contribution < -0.4 is 14.8 Å². The fraction of sp³-hybridized carbons (Fsp3) is 0.409. The Morgan fingerprint density at radius 1 is 1.25 bits per heavy atom. The predicted molar refractivity (Wildman–Crippen MR) is 111 cm³/mol. The number of rotatable bonds is 7. The molecule has 2 aromatic carbocycles. The number of amides is 1. The Balaban J connectivity index is 1.70. The summed E-state index contributed by atoms with van der Waals surface area (Å²) in [6.07, 6.45) is 2.02. The molecule has 3 rings (SSSR count). The smallest absolute Gasteiger partial charge is 0.234 e. The van der Waals surface area contributed by atoms with Crippen LogP contribution >= 0.6 is 11.6 Å². The first-order valence-electron chi connectivity index (χ1n) is 9.53. The average Bonchev–Trinajstić information content (AvgIpc) is 3.15. The molecule has 0 spiro atoms. The van der Waals surface area contributed by atoms with Gasteiger partial charge in [0.15, 0.2) is 0 Å². The lowest BCUT2D eigenvalue weighted by Gasteiger charge is -2.26. The standard InChI is InChI=1S/C22H27ClN2O3/c1-15(17-7-4-5-8-19(17)23)24-22(26)14-25-12-6-9-20(25)18-13-16(27-2)10-11-21(18)28-3/h4-5,7-8,10-11,13,15,20H,6,9,12,14H2,1-3H3,(H,24,26). The maximum Gasteiger partial charge on any atom is 0.234 e. The van der Waals surface area contributed by atoms with Crippen molar-refractivity contribution in [1.82, 2.24) is 10.2 Å². The van der Waals surface area contributed by atoms with Gasteiger partial charge in [-0.15, -0.1) is 0 Å². The first kappa shape index (κ1) is 20.5. The van der Waals surface area contributed by atoms with Crippen LogP contribution in [-0.2, 0) is 4.79 Å². The predicted octanol–water partition coefficient (Wildman–Crippen LogP) is 4.37. The maximum absolute atomic E-state index is 12.7. The van der Waals surface area contributed by atoms with Crippen LogP contribution in [0.2, 0.25) is 5.02 Å². The van der Waals surface area contributed by atoms with Gasteiger partial charge in [-0.25, -0.2) is 0 Å². The highest BCUT2D eigenvalue weighted by Crippen LogP contribution is 2.38. The molecule has 1 heterocycles. The quantitative estimate of drug-likeness (QED) is 0.747. The van der Waals surface area contributed by atoms with E-state index in [2.05, 4.69) is 10.2 Å². The number of nitrogens with one attached hydrogen (secondary N) is 1. The van der Waals surface area contributed by atoms with Crippen molar-refractivity contribution in [3.63, 3.8) is 0 Å². The van der Waals surface area contributed by atoms with E-state index in [4.69, 9.17) is 21.1 Å². The minimum atomic E-state index is -0.145. The molecule has 1 aliphatic rings. The summed E-state index contributed by atoms with van der Waals surface area (Å²) in [4.78, 5) is 14.9. The Morgan fingerprint density at radius 2 is 2.04 bits per heavy atom. The summed E-state index contributed by atoms with van der Waals surface area (Å²) in [6.45, 7) is 3.16. The molecule has 28 heavy (non-hydrogen) atoms. The van der Waals surface area contributed by atoms with Crippen LogP contribution in [0.25, 0.3) is 0 Å². The number of ether oxygens (including phenoxy) is 2. The number of nitrogens with zero attached hydrogens (tertiary/aromatic N) is 1. The van der Waals surface area contributed by atoms with Crippen molar-refractivity contribution >= 4 is 17.5 Å². The Hall–Kier alpha value is -2.24. The van der Waals surface area contributed by atoms with Crippen LogP contribution in [0.5, 0.6) is 11.5 Å². The second-order valence-electron chi connectivity index (χ2n) is 7.05. The minimum absolute atomic E-state index is 0.0128. The van der Waals surface area contributed by atoms with Gasteiger partial charge in [-0.3, -0.25) is 9.69 Å². The molecule has 0 aliphatic carbocycles. The van der Waals surface area contributed by atoms with Gasteiger partial charge in [0.2, 0.25) is 5.91 Å². The number of methoxy groups -OCH3 is 2. The highest BCUT2D eigenvalue weighted by Gasteiger charge is 2.30. The third kappa shape index (κ3) is 4.59. The van der Waals surface area contributed by atoms with Gasteiger partial charge in [-0.05, 0) is 56.1 Å². The highest BCUT2D eigenvalue weighted by atomic mass is 35.5. The Labute approximate surface area is 171 Å². The van der Waals surface area contributed by atoms with Crippen molar-refractivity contribution in [3.8, 4) is 11.5 Å². The van der Waals surface area contributed by atoms with Gasteiger partial charge in [-0.1, -0.05) is 29.8 Å². The summed E-state index contributed by atoms with van der Waals surface area (Å²) in [7, 11) is 3.32. The fourth-order valence-corrected chi connectivity index (χ4v) is 4.14. The molecule has 1 N–H and O–H groups in total. The van der Waals surface area contributed by atoms with Crippen LogP contribution in [0.15, 0.2) is 42.5 Å². The first-order chi connectivity index (χ1) is 13.5. The van der Waals surface area contributed by atoms with Gasteiger partial charge in [-0.2, -0.15) is 0 Å². The lowest BCUT2D eigenvalue weighted by molar-refractivity contribution is -0.123. The molecule has 6 heteroatoms. The number of benzene rings is 2. The van der Waals surface area contributed by atoms with Crippen LogP contribution in [0.1, 0.15) is 43.0 Å².